The molecule has 0 saturated carbocycles. The highest BCUT2D eigenvalue weighted by Crippen LogP contribution is 2.27. The van der Waals surface area contributed by atoms with Gasteiger partial charge in [-0.1, -0.05) is 12.1 Å². The van der Waals surface area contributed by atoms with Crippen molar-refractivity contribution in [1.82, 2.24) is 0 Å². The summed E-state index contributed by atoms with van der Waals surface area (Å²) in [5.41, 5.74) is 7.85. The summed E-state index contributed by atoms with van der Waals surface area (Å²) in [4.78, 5) is 0. The van der Waals surface area contributed by atoms with Crippen LogP contribution in [0, 0.1) is 6.92 Å². The van der Waals surface area contributed by atoms with E-state index in [2.05, 4.69) is 0 Å². The van der Waals surface area contributed by atoms with E-state index in [0.29, 0.717) is 13.2 Å². The number of nitrogens with two attached hydrogens (primary N) is 1. The monoisotopic (exact) mass is 209 g/mol. The first-order valence-electron chi connectivity index (χ1n) is 5.19. The first-order chi connectivity index (χ1) is 7.24. The van der Waals surface area contributed by atoms with E-state index in [9.17, 15) is 0 Å². The standard InChI is InChI=1S/C12H19NO2/c1-4-15-11-7-5-6-10(9(11)2)12(8-13)14-3/h5-7,12H,4,8,13H2,1-3H3. The Bertz CT molecular complexity index is 308. The minimum atomic E-state index is -0.0505. The van der Waals surface area contributed by atoms with Gasteiger partial charge in [0.05, 0.1) is 12.7 Å². The molecule has 0 fully saturated rings. The summed E-state index contributed by atoms with van der Waals surface area (Å²) in [5.74, 6) is 0.908. The van der Waals surface area contributed by atoms with E-state index in [1.165, 1.54) is 0 Å². The molecule has 1 aromatic rings. The van der Waals surface area contributed by atoms with Crippen LogP contribution in [0.4, 0.5) is 0 Å². The van der Waals surface area contributed by atoms with E-state index in [0.717, 1.165) is 16.9 Å². The summed E-state index contributed by atoms with van der Waals surface area (Å²) in [6.45, 7) is 5.16. The lowest BCUT2D eigenvalue weighted by Gasteiger charge is -2.18. The lowest BCUT2D eigenvalue weighted by molar-refractivity contribution is 0.109. The predicted octanol–water partition coefficient (Wildman–Crippen LogP) is 2.04. The van der Waals surface area contributed by atoms with E-state index in [4.69, 9.17) is 15.2 Å². The van der Waals surface area contributed by atoms with Gasteiger partial charge in [0, 0.05) is 13.7 Å². The number of hydrogen-bond donors (Lipinski definition) is 1. The number of hydrogen-bond acceptors (Lipinski definition) is 3. The van der Waals surface area contributed by atoms with Crippen molar-refractivity contribution in [2.24, 2.45) is 5.73 Å². The maximum absolute atomic E-state index is 5.64. The molecule has 3 heteroatoms. The van der Waals surface area contributed by atoms with Crippen LogP contribution in [0.15, 0.2) is 18.2 Å². The molecule has 0 aliphatic carbocycles. The van der Waals surface area contributed by atoms with E-state index in [1.54, 1.807) is 7.11 Å². The molecule has 15 heavy (non-hydrogen) atoms. The SMILES string of the molecule is CCOc1cccc(C(CN)OC)c1C. The van der Waals surface area contributed by atoms with Crippen molar-refractivity contribution in [2.45, 2.75) is 20.0 Å². The summed E-state index contributed by atoms with van der Waals surface area (Å²) >= 11 is 0. The van der Waals surface area contributed by atoms with Crippen LogP contribution >= 0.6 is 0 Å². The fraction of sp³-hybridized carbons (Fsp3) is 0.500. The lowest BCUT2D eigenvalue weighted by Crippen LogP contribution is -2.15. The Balaban J connectivity index is 3.02. The summed E-state index contributed by atoms with van der Waals surface area (Å²) in [7, 11) is 1.67. The van der Waals surface area contributed by atoms with Gasteiger partial charge >= 0.3 is 0 Å². The van der Waals surface area contributed by atoms with Gasteiger partial charge in [0.1, 0.15) is 5.75 Å². The Labute approximate surface area is 91.2 Å². The molecule has 1 atom stereocenters. The van der Waals surface area contributed by atoms with E-state index in [-0.39, 0.29) is 6.10 Å². The Morgan fingerprint density at radius 2 is 2.13 bits per heavy atom. The van der Waals surface area contributed by atoms with Gasteiger partial charge in [-0.05, 0) is 31.0 Å². The summed E-state index contributed by atoms with van der Waals surface area (Å²) in [6.07, 6.45) is -0.0505. The zero-order chi connectivity index (χ0) is 11.3. The van der Waals surface area contributed by atoms with Crippen LogP contribution in [0.25, 0.3) is 0 Å². The Hall–Kier alpha value is -1.06. The fourth-order valence-electron chi connectivity index (χ4n) is 1.64. The number of benzene rings is 1. The van der Waals surface area contributed by atoms with Crippen molar-refractivity contribution in [2.75, 3.05) is 20.3 Å². The minimum absolute atomic E-state index is 0.0505. The van der Waals surface area contributed by atoms with Crippen LogP contribution in [0.2, 0.25) is 0 Å². The summed E-state index contributed by atoms with van der Waals surface area (Å²) < 4.78 is 10.8. The van der Waals surface area contributed by atoms with Gasteiger partial charge in [-0.25, -0.2) is 0 Å². The molecular weight excluding hydrogens is 190 g/mol. The molecular formula is C12H19NO2. The van der Waals surface area contributed by atoms with Gasteiger partial charge in [0.2, 0.25) is 0 Å². The average molecular weight is 209 g/mol. The minimum Gasteiger partial charge on any atom is -0.494 e. The third-order valence-corrected chi connectivity index (χ3v) is 2.47. The van der Waals surface area contributed by atoms with Crippen molar-refractivity contribution in [3.8, 4) is 5.75 Å². The molecule has 2 N–H and O–H groups in total. The van der Waals surface area contributed by atoms with E-state index >= 15 is 0 Å². The molecule has 0 aromatic heterocycles. The Morgan fingerprint density at radius 1 is 1.40 bits per heavy atom. The Morgan fingerprint density at radius 3 is 2.67 bits per heavy atom. The zero-order valence-corrected chi connectivity index (χ0v) is 9.62. The maximum atomic E-state index is 5.64. The smallest absolute Gasteiger partial charge is 0.122 e. The molecule has 0 radical (unpaired) electrons. The third kappa shape index (κ3) is 2.70. The van der Waals surface area contributed by atoms with Crippen LogP contribution in [0.3, 0.4) is 0 Å². The molecule has 0 amide bonds. The highest BCUT2D eigenvalue weighted by molar-refractivity contribution is 5.40. The maximum Gasteiger partial charge on any atom is 0.122 e. The molecule has 0 bridgehead atoms. The second kappa shape index (κ2) is 5.73. The van der Waals surface area contributed by atoms with Gasteiger partial charge in [-0.3, -0.25) is 0 Å². The number of rotatable bonds is 5. The molecule has 1 rings (SSSR count). The lowest BCUT2D eigenvalue weighted by atomic mass is 10.0. The van der Waals surface area contributed by atoms with Crippen molar-refractivity contribution in [3.63, 3.8) is 0 Å². The molecule has 0 spiro atoms. The predicted molar refractivity (Wildman–Crippen MR) is 61.2 cm³/mol. The molecule has 0 aliphatic rings. The molecule has 84 valence electrons. The van der Waals surface area contributed by atoms with Crippen LogP contribution in [-0.2, 0) is 4.74 Å². The van der Waals surface area contributed by atoms with Crippen molar-refractivity contribution >= 4 is 0 Å². The van der Waals surface area contributed by atoms with Gasteiger partial charge in [-0.15, -0.1) is 0 Å². The number of methoxy groups -OCH3 is 1. The molecule has 1 aromatic carbocycles. The molecule has 0 aliphatic heterocycles. The zero-order valence-electron chi connectivity index (χ0n) is 9.62. The first-order valence-corrected chi connectivity index (χ1v) is 5.19. The van der Waals surface area contributed by atoms with Crippen LogP contribution in [0.5, 0.6) is 5.75 Å². The molecule has 1 unspecified atom stereocenters. The highest BCUT2D eigenvalue weighted by Gasteiger charge is 2.13. The Kier molecular flexibility index (Phi) is 4.59. The highest BCUT2D eigenvalue weighted by atomic mass is 16.5. The summed E-state index contributed by atoms with van der Waals surface area (Å²) in [5, 5.41) is 0. The van der Waals surface area contributed by atoms with Crippen molar-refractivity contribution in [1.29, 1.82) is 0 Å². The number of ether oxygens (including phenoxy) is 2. The van der Waals surface area contributed by atoms with Crippen LogP contribution in [-0.4, -0.2) is 20.3 Å². The van der Waals surface area contributed by atoms with Crippen LogP contribution < -0.4 is 10.5 Å². The van der Waals surface area contributed by atoms with Crippen molar-refractivity contribution in [3.05, 3.63) is 29.3 Å². The first kappa shape index (κ1) is 12.0. The van der Waals surface area contributed by atoms with E-state index in [1.807, 2.05) is 32.0 Å². The molecule has 0 saturated heterocycles. The van der Waals surface area contributed by atoms with Gasteiger partial charge in [-0.2, -0.15) is 0 Å². The third-order valence-electron chi connectivity index (χ3n) is 2.47. The van der Waals surface area contributed by atoms with Gasteiger partial charge in [0.15, 0.2) is 0 Å². The fourth-order valence-corrected chi connectivity index (χ4v) is 1.64. The van der Waals surface area contributed by atoms with E-state index < -0.39 is 0 Å². The molecule has 0 heterocycles. The normalized spacial score (nSPS) is 12.5. The second-order valence-corrected chi connectivity index (χ2v) is 3.36. The van der Waals surface area contributed by atoms with Crippen LogP contribution in [0.1, 0.15) is 24.2 Å². The van der Waals surface area contributed by atoms with Gasteiger partial charge in [0.25, 0.3) is 0 Å². The van der Waals surface area contributed by atoms with Gasteiger partial charge < -0.3 is 15.2 Å². The quantitative estimate of drug-likeness (QED) is 0.807. The largest absolute Gasteiger partial charge is 0.494 e. The van der Waals surface area contributed by atoms with Crippen molar-refractivity contribution < 1.29 is 9.47 Å². The molecule has 3 nitrogen and oxygen atoms in total. The topological polar surface area (TPSA) is 44.5 Å². The average Bonchev–Trinajstić information content (AvgIpc) is 2.25. The summed E-state index contributed by atoms with van der Waals surface area (Å²) in [6, 6.07) is 5.96. The second-order valence-electron chi connectivity index (χ2n) is 3.36.